The van der Waals surface area contributed by atoms with Gasteiger partial charge in [-0.25, -0.2) is 0 Å². The Hall–Kier alpha value is -0.940. The normalized spacial score (nSPS) is 21.2. The smallest absolute Gasteiger partial charge is 0.223 e. The van der Waals surface area contributed by atoms with Gasteiger partial charge in [0.2, 0.25) is 5.89 Å². The Morgan fingerprint density at radius 3 is 3.12 bits per heavy atom. The van der Waals surface area contributed by atoms with Crippen molar-refractivity contribution in [3.05, 3.63) is 11.7 Å². The maximum Gasteiger partial charge on any atom is 0.223 e. The Labute approximate surface area is 103 Å². The maximum atomic E-state index is 4.98. The number of rotatable bonds is 6. The third-order valence-electron chi connectivity index (χ3n) is 3.16. The summed E-state index contributed by atoms with van der Waals surface area (Å²) in [6.07, 6.45) is 2.48. The third kappa shape index (κ3) is 3.78. The first kappa shape index (κ1) is 12.5. The lowest BCUT2D eigenvalue weighted by molar-refractivity contribution is 0.297. The quantitative estimate of drug-likeness (QED) is 0.755. The minimum absolute atomic E-state index is 0.653. The Bertz CT molecular complexity index is 339. The van der Waals surface area contributed by atoms with Gasteiger partial charge in [-0.1, -0.05) is 12.1 Å². The summed E-state index contributed by atoms with van der Waals surface area (Å²) >= 11 is 0. The molecule has 0 aromatic carbocycles. The molecule has 0 amide bonds. The van der Waals surface area contributed by atoms with Gasteiger partial charge in [0.05, 0.1) is 6.54 Å². The maximum absolute atomic E-state index is 4.98. The molecule has 1 aromatic rings. The average molecular weight is 238 g/mol. The molecule has 1 saturated heterocycles. The fourth-order valence-corrected chi connectivity index (χ4v) is 2.31. The fourth-order valence-electron chi connectivity index (χ4n) is 2.31. The molecule has 96 valence electrons. The summed E-state index contributed by atoms with van der Waals surface area (Å²) in [5.41, 5.74) is 0. The van der Waals surface area contributed by atoms with Crippen LogP contribution in [0.4, 0.5) is 0 Å². The van der Waals surface area contributed by atoms with E-state index in [2.05, 4.69) is 27.3 Å². The number of hydrogen-bond acceptors (Lipinski definition) is 5. The van der Waals surface area contributed by atoms with Crippen molar-refractivity contribution in [1.82, 2.24) is 20.4 Å². The summed E-state index contributed by atoms with van der Waals surface area (Å²) < 4.78 is 4.98. The predicted octanol–water partition coefficient (Wildman–Crippen LogP) is 1.20. The van der Waals surface area contributed by atoms with Crippen LogP contribution in [-0.4, -0.2) is 41.2 Å². The van der Waals surface area contributed by atoms with Crippen LogP contribution in [0.15, 0.2) is 4.52 Å². The first-order chi connectivity index (χ1) is 8.28. The second kappa shape index (κ2) is 6.12. The predicted molar refractivity (Wildman–Crippen MR) is 65.6 cm³/mol. The van der Waals surface area contributed by atoms with Crippen molar-refractivity contribution >= 4 is 0 Å². The van der Waals surface area contributed by atoms with Gasteiger partial charge in [0, 0.05) is 13.5 Å². The number of nitrogens with zero attached hydrogens (tertiary/aromatic N) is 3. The van der Waals surface area contributed by atoms with E-state index in [1.165, 1.54) is 12.8 Å². The van der Waals surface area contributed by atoms with Gasteiger partial charge in [-0.05, 0) is 38.4 Å². The second-order valence-electron chi connectivity index (χ2n) is 4.82. The zero-order valence-electron chi connectivity index (χ0n) is 10.8. The molecule has 0 bridgehead atoms. The number of aryl methyl sites for hydroxylation is 1. The standard InChI is InChI=1S/C12H22N4O/c1-3-5-13-7-11-4-6-16(8-11)9-12-14-10(2)17-15-12/h11,13H,3-9H2,1-2H3. The molecule has 0 aliphatic carbocycles. The number of aromatic nitrogens is 2. The van der Waals surface area contributed by atoms with Crippen LogP contribution >= 0.6 is 0 Å². The van der Waals surface area contributed by atoms with Gasteiger partial charge in [-0.3, -0.25) is 4.90 Å². The molecule has 0 saturated carbocycles. The van der Waals surface area contributed by atoms with E-state index in [9.17, 15) is 0 Å². The Kier molecular flexibility index (Phi) is 4.50. The minimum Gasteiger partial charge on any atom is -0.340 e. The van der Waals surface area contributed by atoms with E-state index in [-0.39, 0.29) is 0 Å². The van der Waals surface area contributed by atoms with Gasteiger partial charge in [0.1, 0.15) is 0 Å². The Balaban J connectivity index is 1.70. The first-order valence-corrected chi connectivity index (χ1v) is 6.50. The van der Waals surface area contributed by atoms with Crippen LogP contribution in [0.1, 0.15) is 31.5 Å². The molecule has 1 fully saturated rings. The van der Waals surface area contributed by atoms with E-state index >= 15 is 0 Å². The molecule has 5 heteroatoms. The zero-order valence-corrected chi connectivity index (χ0v) is 10.8. The van der Waals surface area contributed by atoms with Gasteiger partial charge in [-0.15, -0.1) is 0 Å². The molecular formula is C12H22N4O. The van der Waals surface area contributed by atoms with Crippen molar-refractivity contribution in [2.24, 2.45) is 5.92 Å². The highest BCUT2D eigenvalue weighted by Gasteiger charge is 2.23. The van der Waals surface area contributed by atoms with Gasteiger partial charge in [-0.2, -0.15) is 4.98 Å². The lowest BCUT2D eigenvalue weighted by atomic mass is 10.1. The minimum atomic E-state index is 0.653. The highest BCUT2D eigenvalue weighted by atomic mass is 16.5. The Morgan fingerprint density at radius 1 is 1.53 bits per heavy atom. The van der Waals surface area contributed by atoms with Crippen molar-refractivity contribution in [1.29, 1.82) is 0 Å². The van der Waals surface area contributed by atoms with Gasteiger partial charge < -0.3 is 9.84 Å². The van der Waals surface area contributed by atoms with Crippen LogP contribution in [0, 0.1) is 12.8 Å². The summed E-state index contributed by atoms with van der Waals surface area (Å²) in [6, 6.07) is 0. The fraction of sp³-hybridized carbons (Fsp3) is 0.833. The molecule has 1 atom stereocenters. The molecule has 1 aliphatic rings. The summed E-state index contributed by atoms with van der Waals surface area (Å²) in [5, 5.41) is 7.43. The van der Waals surface area contributed by atoms with E-state index in [0.717, 1.165) is 44.5 Å². The highest BCUT2D eigenvalue weighted by Crippen LogP contribution is 2.17. The third-order valence-corrected chi connectivity index (χ3v) is 3.16. The van der Waals surface area contributed by atoms with Crippen molar-refractivity contribution < 1.29 is 4.52 Å². The zero-order chi connectivity index (χ0) is 12.1. The van der Waals surface area contributed by atoms with E-state index in [1.54, 1.807) is 0 Å². The van der Waals surface area contributed by atoms with Gasteiger partial charge >= 0.3 is 0 Å². The van der Waals surface area contributed by atoms with Crippen LogP contribution in [0.3, 0.4) is 0 Å². The number of nitrogens with one attached hydrogen (secondary N) is 1. The van der Waals surface area contributed by atoms with Gasteiger partial charge in [0.15, 0.2) is 5.82 Å². The highest BCUT2D eigenvalue weighted by molar-refractivity contribution is 4.86. The van der Waals surface area contributed by atoms with E-state index < -0.39 is 0 Å². The van der Waals surface area contributed by atoms with Crippen LogP contribution in [0.5, 0.6) is 0 Å². The van der Waals surface area contributed by atoms with E-state index in [0.29, 0.717) is 5.89 Å². The molecule has 5 nitrogen and oxygen atoms in total. The largest absolute Gasteiger partial charge is 0.340 e. The second-order valence-corrected chi connectivity index (χ2v) is 4.82. The van der Waals surface area contributed by atoms with Crippen molar-refractivity contribution in [2.75, 3.05) is 26.2 Å². The molecule has 17 heavy (non-hydrogen) atoms. The summed E-state index contributed by atoms with van der Waals surface area (Å²) in [7, 11) is 0. The average Bonchev–Trinajstić information content (AvgIpc) is 2.90. The van der Waals surface area contributed by atoms with Crippen molar-refractivity contribution in [3.8, 4) is 0 Å². The van der Waals surface area contributed by atoms with Crippen LogP contribution in [0.25, 0.3) is 0 Å². The summed E-state index contributed by atoms with van der Waals surface area (Å²) in [6.45, 7) is 9.40. The van der Waals surface area contributed by atoms with E-state index in [1.807, 2.05) is 6.92 Å². The SMILES string of the molecule is CCCNCC1CCN(Cc2noc(C)n2)C1. The van der Waals surface area contributed by atoms with Gasteiger partial charge in [0.25, 0.3) is 0 Å². The first-order valence-electron chi connectivity index (χ1n) is 6.50. The van der Waals surface area contributed by atoms with Crippen LogP contribution in [-0.2, 0) is 6.54 Å². The van der Waals surface area contributed by atoms with Crippen molar-refractivity contribution in [2.45, 2.75) is 33.2 Å². The molecule has 0 spiro atoms. The molecule has 1 unspecified atom stereocenters. The lowest BCUT2D eigenvalue weighted by Gasteiger charge is -2.13. The van der Waals surface area contributed by atoms with Crippen molar-refractivity contribution in [3.63, 3.8) is 0 Å². The lowest BCUT2D eigenvalue weighted by Crippen LogP contribution is -2.27. The Morgan fingerprint density at radius 2 is 2.41 bits per heavy atom. The molecular weight excluding hydrogens is 216 g/mol. The topological polar surface area (TPSA) is 54.2 Å². The number of hydrogen-bond donors (Lipinski definition) is 1. The molecule has 2 rings (SSSR count). The molecule has 1 aromatic heterocycles. The molecule has 1 N–H and O–H groups in total. The summed E-state index contributed by atoms with van der Waals surface area (Å²) in [5.74, 6) is 2.24. The van der Waals surface area contributed by atoms with E-state index in [4.69, 9.17) is 4.52 Å². The molecule has 1 aliphatic heterocycles. The molecule has 2 heterocycles. The molecule has 0 radical (unpaired) electrons. The van der Waals surface area contributed by atoms with Crippen LogP contribution < -0.4 is 5.32 Å². The van der Waals surface area contributed by atoms with Crippen LogP contribution in [0.2, 0.25) is 0 Å². The monoisotopic (exact) mass is 238 g/mol. The number of likely N-dealkylation sites (tertiary alicyclic amines) is 1. The summed E-state index contributed by atoms with van der Waals surface area (Å²) in [4.78, 5) is 6.64.